The molecule has 0 aliphatic heterocycles. The topological polar surface area (TPSA) is 25.4 Å². The van der Waals surface area contributed by atoms with Crippen molar-refractivity contribution in [1.29, 1.82) is 0 Å². The molecule has 0 bridgehead atoms. The minimum atomic E-state index is 0.502. The molecule has 0 atom stereocenters. The Morgan fingerprint density at radius 1 is 1.06 bits per heavy atom. The zero-order valence-corrected chi connectivity index (χ0v) is 10.1. The van der Waals surface area contributed by atoms with E-state index in [9.17, 15) is 0 Å². The quantitative estimate of drug-likeness (QED) is 0.804. The highest BCUT2D eigenvalue weighted by atomic mass is 16.5. The highest BCUT2D eigenvalue weighted by molar-refractivity contribution is 5.47. The first-order chi connectivity index (χ1) is 8.25. The first-order valence-corrected chi connectivity index (χ1v) is 5.56. The lowest BCUT2D eigenvalue weighted by atomic mass is 10.3. The number of aromatic nitrogens is 1. The van der Waals surface area contributed by atoms with Crippen molar-refractivity contribution in [1.82, 2.24) is 4.98 Å². The van der Waals surface area contributed by atoms with E-state index >= 15 is 0 Å². The molecule has 88 valence electrons. The van der Waals surface area contributed by atoms with Crippen molar-refractivity contribution in [2.75, 3.05) is 19.0 Å². The van der Waals surface area contributed by atoms with Gasteiger partial charge in [0, 0.05) is 26.0 Å². The number of pyridine rings is 1. The van der Waals surface area contributed by atoms with Crippen LogP contribution in [0.4, 0.5) is 5.69 Å². The number of ether oxygens (including phenoxy) is 1. The third-order valence-electron chi connectivity index (χ3n) is 2.47. The summed E-state index contributed by atoms with van der Waals surface area (Å²) in [5.74, 6) is 0.862. The fraction of sp³-hybridized carbons (Fsp3) is 0.214. The van der Waals surface area contributed by atoms with E-state index < -0.39 is 0 Å². The molecule has 0 aliphatic carbocycles. The summed E-state index contributed by atoms with van der Waals surface area (Å²) in [5, 5.41) is 0. The van der Waals surface area contributed by atoms with Gasteiger partial charge < -0.3 is 9.64 Å². The van der Waals surface area contributed by atoms with Crippen LogP contribution in [0.2, 0.25) is 0 Å². The van der Waals surface area contributed by atoms with Crippen LogP contribution in [0.1, 0.15) is 5.69 Å². The molecular weight excluding hydrogens is 212 g/mol. The predicted octanol–water partition coefficient (Wildman–Crippen LogP) is 2.73. The fourth-order valence-electron chi connectivity index (χ4n) is 1.48. The minimum Gasteiger partial charge on any atom is -0.487 e. The van der Waals surface area contributed by atoms with Crippen molar-refractivity contribution >= 4 is 5.69 Å². The van der Waals surface area contributed by atoms with Gasteiger partial charge >= 0.3 is 0 Å². The number of nitrogens with zero attached hydrogens (tertiary/aromatic N) is 2. The van der Waals surface area contributed by atoms with Crippen LogP contribution in [-0.2, 0) is 6.61 Å². The van der Waals surface area contributed by atoms with Crippen LogP contribution >= 0.6 is 0 Å². The lowest BCUT2D eigenvalue weighted by Crippen LogP contribution is -2.08. The first kappa shape index (κ1) is 11.5. The van der Waals surface area contributed by atoms with Crippen molar-refractivity contribution in [2.24, 2.45) is 0 Å². The van der Waals surface area contributed by atoms with E-state index in [0.717, 1.165) is 17.1 Å². The Morgan fingerprint density at radius 3 is 2.41 bits per heavy atom. The van der Waals surface area contributed by atoms with Crippen molar-refractivity contribution in [3.05, 3.63) is 54.4 Å². The lowest BCUT2D eigenvalue weighted by Gasteiger charge is -2.13. The average molecular weight is 228 g/mol. The molecule has 0 fully saturated rings. The van der Waals surface area contributed by atoms with Crippen molar-refractivity contribution in [3.63, 3.8) is 0 Å². The summed E-state index contributed by atoms with van der Waals surface area (Å²) < 4.78 is 5.65. The lowest BCUT2D eigenvalue weighted by molar-refractivity contribution is 0.301. The third kappa shape index (κ3) is 3.21. The third-order valence-corrected chi connectivity index (χ3v) is 2.47. The highest BCUT2D eigenvalue weighted by Gasteiger charge is 1.98. The molecular formula is C14H16N2O. The van der Waals surface area contributed by atoms with Gasteiger partial charge in [0.1, 0.15) is 12.4 Å². The van der Waals surface area contributed by atoms with Gasteiger partial charge in [0.05, 0.1) is 5.69 Å². The largest absolute Gasteiger partial charge is 0.487 e. The molecule has 0 saturated heterocycles. The van der Waals surface area contributed by atoms with Gasteiger partial charge in [-0.25, -0.2) is 0 Å². The normalized spacial score (nSPS) is 10.0. The van der Waals surface area contributed by atoms with E-state index in [1.807, 2.05) is 56.6 Å². The molecule has 0 aliphatic rings. The van der Waals surface area contributed by atoms with Crippen LogP contribution in [0.25, 0.3) is 0 Å². The van der Waals surface area contributed by atoms with Gasteiger partial charge in [0.2, 0.25) is 0 Å². The van der Waals surface area contributed by atoms with Gasteiger partial charge in [-0.3, -0.25) is 4.98 Å². The Morgan fingerprint density at radius 2 is 1.82 bits per heavy atom. The molecule has 1 heterocycles. The maximum Gasteiger partial charge on any atom is 0.130 e. The van der Waals surface area contributed by atoms with Crippen LogP contribution < -0.4 is 9.64 Å². The van der Waals surface area contributed by atoms with E-state index in [-0.39, 0.29) is 0 Å². The van der Waals surface area contributed by atoms with E-state index in [1.165, 1.54) is 0 Å². The standard InChI is InChI=1S/C14H16N2O/c1-16(2)13-6-8-14(9-7-13)17-11-12-5-3-4-10-15-12/h3-10H,11H2,1-2H3. The SMILES string of the molecule is CN(C)c1ccc(OCc2ccccn2)cc1. The summed E-state index contributed by atoms with van der Waals surface area (Å²) in [6.45, 7) is 0.502. The van der Waals surface area contributed by atoms with Crippen molar-refractivity contribution in [3.8, 4) is 5.75 Å². The number of rotatable bonds is 4. The van der Waals surface area contributed by atoms with Crippen molar-refractivity contribution in [2.45, 2.75) is 6.61 Å². The second kappa shape index (κ2) is 5.34. The Kier molecular flexibility index (Phi) is 3.60. The van der Waals surface area contributed by atoms with E-state index in [0.29, 0.717) is 6.61 Å². The van der Waals surface area contributed by atoms with E-state index in [2.05, 4.69) is 9.88 Å². The first-order valence-electron chi connectivity index (χ1n) is 5.56. The van der Waals surface area contributed by atoms with Crippen LogP contribution in [0, 0.1) is 0 Å². The Labute approximate surface area is 102 Å². The Bertz CT molecular complexity index is 451. The van der Waals surface area contributed by atoms with Gasteiger partial charge in [0.25, 0.3) is 0 Å². The molecule has 0 amide bonds. The summed E-state index contributed by atoms with van der Waals surface area (Å²) in [4.78, 5) is 6.26. The minimum absolute atomic E-state index is 0.502. The molecule has 1 aromatic heterocycles. The molecule has 2 aromatic rings. The van der Waals surface area contributed by atoms with Gasteiger partial charge in [-0.15, -0.1) is 0 Å². The molecule has 2 rings (SSSR count). The van der Waals surface area contributed by atoms with Gasteiger partial charge in [-0.1, -0.05) is 6.07 Å². The molecule has 1 aromatic carbocycles. The molecule has 3 nitrogen and oxygen atoms in total. The number of hydrogen-bond donors (Lipinski definition) is 0. The molecule has 0 saturated carbocycles. The molecule has 3 heteroatoms. The molecule has 0 spiro atoms. The van der Waals surface area contributed by atoms with Gasteiger partial charge in [-0.05, 0) is 36.4 Å². The molecule has 0 unspecified atom stereocenters. The van der Waals surface area contributed by atoms with Crippen molar-refractivity contribution < 1.29 is 4.74 Å². The number of anilines is 1. The second-order valence-electron chi connectivity index (χ2n) is 4.00. The zero-order chi connectivity index (χ0) is 12.1. The smallest absolute Gasteiger partial charge is 0.130 e. The summed E-state index contributed by atoms with van der Waals surface area (Å²) in [5.41, 5.74) is 2.10. The summed E-state index contributed by atoms with van der Waals surface area (Å²) in [7, 11) is 4.04. The second-order valence-corrected chi connectivity index (χ2v) is 4.00. The summed E-state index contributed by atoms with van der Waals surface area (Å²) in [6.07, 6.45) is 1.77. The highest BCUT2D eigenvalue weighted by Crippen LogP contribution is 2.18. The van der Waals surface area contributed by atoms with E-state index in [1.54, 1.807) is 6.20 Å². The van der Waals surface area contributed by atoms with Crippen LogP contribution in [0.5, 0.6) is 5.75 Å². The summed E-state index contributed by atoms with van der Waals surface area (Å²) >= 11 is 0. The monoisotopic (exact) mass is 228 g/mol. The van der Waals surface area contributed by atoms with Gasteiger partial charge in [0.15, 0.2) is 0 Å². The molecule has 17 heavy (non-hydrogen) atoms. The maximum absolute atomic E-state index is 5.65. The number of benzene rings is 1. The maximum atomic E-state index is 5.65. The zero-order valence-electron chi connectivity index (χ0n) is 10.1. The van der Waals surface area contributed by atoms with Crippen LogP contribution in [0.15, 0.2) is 48.7 Å². The average Bonchev–Trinajstić information content (AvgIpc) is 2.38. The van der Waals surface area contributed by atoms with Crippen LogP contribution in [0.3, 0.4) is 0 Å². The fourth-order valence-corrected chi connectivity index (χ4v) is 1.48. The number of hydrogen-bond acceptors (Lipinski definition) is 3. The van der Waals surface area contributed by atoms with Gasteiger partial charge in [-0.2, -0.15) is 0 Å². The summed E-state index contributed by atoms with van der Waals surface area (Å²) in [6, 6.07) is 13.8. The Balaban J connectivity index is 1.96. The molecule has 0 radical (unpaired) electrons. The molecule has 0 N–H and O–H groups in total. The van der Waals surface area contributed by atoms with E-state index in [4.69, 9.17) is 4.74 Å². The van der Waals surface area contributed by atoms with Crippen LogP contribution in [-0.4, -0.2) is 19.1 Å². The Hall–Kier alpha value is -2.03. The predicted molar refractivity (Wildman–Crippen MR) is 69.3 cm³/mol.